The molecule has 1 amide bonds. The highest BCUT2D eigenvalue weighted by Gasteiger charge is 2.23. The summed E-state index contributed by atoms with van der Waals surface area (Å²) in [7, 11) is 1.85. The number of amides is 1. The number of nitrogens with zero attached hydrogens (tertiary/aromatic N) is 5. The van der Waals surface area contributed by atoms with Crippen molar-refractivity contribution in [3.8, 4) is 0 Å². The van der Waals surface area contributed by atoms with Gasteiger partial charge in [-0.05, 0) is 52.7 Å². The predicted octanol–water partition coefficient (Wildman–Crippen LogP) is 1.76. The molecule has 4 rings (SSSR count). The first-order valence-electron chi connectivity index (χ1n) is 8.92. The van der Waals surface area contributed by atoms with Crippen LogP contribution in [-0.4, -0.2) is 50.1 Å². The van der Waals surface area contributed by atoms with E-state index in [9.17, 15) is 4.79 Å². The Morgan fingerprint density at radius 2 is 2.08 bits per heavy atom. The number of carbonyl (C=O) groups excluding carboxylic acids is 1. The third-order valence-electron chi connectivity index (χ3n) is 4.93. The van der Waals surface area contributed by atoms with E-state index in [0.717, 1.165) is 42.5 Å². The second-order valence-corrected chi connectivity index (χ2v) is 6.83. The number of fused-ring (bicyclic) bond motifs is 1. The minimum absolute atomic E-state index is 0.0112. The molecule has 1 aromatic heterocycles. The van der Waals surface area contributed by atoms with Crippen molar-refractivity contribution in [2.24, 2.45) is 7.05 Å². The van der Waals surface area contributed by atoms with Crippen LogP contribution >= 0.6 is 0 Å². The van der Waals surface area contributed by atoms with Crippen molar-refractivity contribution >= 4 is 16.7 Å². The van der Waals surface area contributed by atoms with Gasteiger partial charge in [-0.15, -0.1) is 5.10 Å². The van der Waals surface area contributed by atoms with Crippen LogP contribution in [0.1, 0.15) is 29.0 Å². The summed E-state index contributed by atoms with van der Waals surface area (Å²) in [5.41, 5.74) is 0.707. The van der Waals surface area contributed by atoms with Crippen LogP contribution in [0.3, 0.4) is 0 Å². The molecule has 1 atom stereocenters. The summed E-state index contributed by atoms with van der Waals surface area (Å²) in [6, 6.07) is 14.1. The lowest BCUT2D eigenvalue weighted by Crippen LogP contribution is -2.47. The molecular formula is C19H22N6O. The Morgan fingerprint density at radius 1 is 1.23 bits per heavy atom. The van der Waals surface area contributed by atoms with E-state index in [1.54, 1.807) is 4.68 Å². The third-order valence-corrected chi connectivity index (χ3v) is 4.93. The minimum Gasteiger partial charge on any atom is -0.348 e. The first-order chi connectivity index (χ1) is 12.7. The molecule has 1 aliphatic rings. The average Bonchev–Trinajstić information content (AvgIpc) is 3.06. The highest BCUT2D eigenvalue weighted by atomic mass is 16.1. The van der Waals surface area contributed by atoms with Crippen molar-refractivity contribution in [2.45, 2.75) is 25.4 Å². The van der Waals surface area contributed by atoms with Gasteiger partial charge >= 0.3 is 0 Å². The van der Waals surface area contributed by atoms with E-state index in [0.29, 0.717) is 12.1 Å². The van der Waals surface area contributed by atoms with Crippen molar-refractivity contribution in [1.82, 2.24) is 30.4 Å². The number of tetrazole rings is 1. The monoisotopic (exact) mass is 350 g/mol. The van der Waals surface area contributed by atoms with E-state index in [4.69, 9.17) is 0 Å². The van der Waals surface area contributed by atoms with Gasteiger partial charge in [-0.1, -0.05) is 30.3 Å². The molecule has 134 valence electrons. The summed E-state index contributed by atoms with van der Waals surface area (Å²) in [5, 5.41) is 17.0. The molecule has 0 saturated carbocycles. The molecule has 0 aliphatic carbocycles. The smallest absolute Gasteiger partial charge is 0.251 e. The number of carbonyl (C=O) groups is 1. The van der Waals surface area contributed by atoms with Crippen LogP contribution in [0.2, 0.25) is 0 Å². The van der Waals surface area contributed by atoms with E-state index in [2.05, 4.69) is 31.8 Å². The van der Waals surface area contributed by atoms with Gasteiger partial charge in [0.1, 0.15) is 0 Å². The highest BCUT2D eigenvalue weighted by molar-refractivity contribution is 5.98. The van der Waals surface area contributed by atoms with Gasteiger partial charge in [0.15, 0.2) is 5.82 Å². The van der Waals surface area contributed by atoms with Gasteiger partial charge < -0.3 is 5.32 Å². The van der Waals surface area contributed by atoms with Gasteiger partial charge in [-0.3, -0.25) is 9.69 Å². The number of hydrogen-bond donors (Lipinski definition) is 1. The molecule has 1 unspecified atom stereocenters. The number of aryl methyl sites for hydroxylation is 1. The summed E-state index contributed by atoms with van der Waals surface area (Å²) >= 11 is 0. The first-order valence-corrected chi connectivity index (χ1v) is 8.92. The fourth-order valence-corrected chi connectivity index (χ4v) is 3.50. The predicted molar refractivity (Wildman–Crippen MR) is 98.5 cm³/mol. The SMILES string of the molecule is Cn1nnnc1CN1CCCC(NC(=O)c2ccc3ccccc3c2)C1. The zero-order valence-electron chi connectivity index (χ0n) is 14.8. The largest absolute Gasteiger partial charge is 0.348 e. The number of hydrogen-bond acceptors (Lipinski definition) is 5. The Bertz CT molecular complexity index is 921. The zero-order chi connectivity index (χ0) is 17.9. The molecule has 3 aromatic rings. The summed E-state index contributed by atoms with van der Waals surface area (Å²) < 4.78 is 1.69. The highest BCUT2D eigenvalue weighted by Crippen LogP contribution is 2.17. The van der Waals surface area contributed by atoms with Crippen molar-refractivity contribution in [3.05, 3.63) is 53.9 Å². The lowest BCUT2D eigenvalue weighted by molar-refractivity contribution is 0.0899. The number of aromatic nitrogens is 4. The lowest BCUT2D eigenvalue weighted by Gasteiger charge is -2.32. The zero-order valence-corrected chi connectivity index (χ0v) is 14.8. The molecule has 2 aromatic carbocycles. The van der Waals surface area contributed by atoms with Crippen molar-refractivity contribution in [1.29, 1.82) is 0 Å². The Morgan fingerprint density at radius 3 is 2.88 bits per heavy atom. The topological polar surface area (TPSA) is 75.9 Å². The number of likely N-dealkylation sites (tertiary alicyclic amines) is 1. The number of piperidine rings is 1. The van der Waals surface area contributed by atoms with Gasteiger partial charge in [0, 0.05) is 25.2 Å². The maximum atomic E-state index is 12.7. The van der Waals surface area contributed by atoms with Crippen molar-refractivity contribution in [2.75, 3.05) is 13.1 Å². The van der Waals surface area contributed by atoms with E-state index in [1.807, 2.05) is 43.4 Å². The Hall–Kier alpha value is -2.80. The Labute approximate surface area is 152 Å². The number of benzene rings is 2. The fraction of sp³-hybridized carbons (Fsp3) is 0.368. The number of rotatable bonds is 4. The summed E-state index contributed by atoms with van der Waals surface area (Å²) in [6.45, 7) is 2.51. The molecular weight excluding hydrogens is 328 g/mol. The Balaban J connectivity index is 1.40. The average molecular weight is 350 g/mol. The molecule has 1 saturated heterocycles. The number of nitrogens with one attached hydrogen (secondary N) is 1. The Kier molecular flexibility index (Phi) is 4.62. The van der Waals surface area contributed by atoms with E-state index >= 15 is 0 Å². The fourth-order valence-electron chi connectivity index (χ4n) is 3.50. The molecule has 1 aliphatic heterocycles. The lowest BCUT2D eigenvalue weighted by atomic mass is 10.0. The quantitative estimate of drug-likeness (QED) is 0.776. The molecule has 0 spiro atoms. The molecule has 1 fully saturated rings. The van der Waals surface area contributed by atoms with Crippen LogP contribution < -0.4 is 5.32 Å². The first kappa shape index (κ1) is 16.7. The van der Waals surface area contributed by atoms with Crippen LogP contribution in [0, 0.1) is 0 Å². The molecule has 0 radical (unpaired) electrons. The van der Waals surface area contributed by atoms with Gasteiger partial charge in [-0.25, -0.2) is 4.68 Å². The van der Waals surface area contributed by atoms with Crippen LogP contribution in [-0.2, 0) is 13.6 Å². The molecule has 26 heavy (non-hydrogen) atoms. The van der Waals surface area contributed by atoms with Crippen LogP contribution in [0.5, 0.6) is 0 Å². The summed E-state index contributed by atoms with van der Waals surface area (Å²) in [4.78, 5) is 15.0. The van der Waals surface area contributed by atoms with Gasteiger partial charge in [0.05, 0.1) is 6.54 Å². The van der Waals surface area contributed by atoms with Gasteiger partial charge in [0.2, 0.25) is 0 Å². The molecule has 1 N–H and O–H groups in total. The maximum Gasteiger partial charge on any atom is 0.251 e. The second-order valence-electron chi connectivity index (χ2n) is 6.83. The maximum absolute atomic E-state index is 12.7. The van der Waals surface area contributed by atoms with Crippen molar-refractivity contribution < 1.29 is 4.79 Å². The van der Waals surface area contributed by atoms with E-state index in [-0.39, 0.29) is 11.9 Å². The van der Waals surface area contributed by atoms with E-state index < -0.39 is 0 Å². The third kappa shape index (κ3) is 3.57. The van der Waals surface area contributed by atoms with Crippen LogP contribution in [0.15, 0.2) is 42.5 Å². The van der Waals surface area contributed by atoms with Gasteiger partial charge in [-0.2, -0.15) is 0 Å². The minimum atomic E-state index is -0.0112. The molecule has 7 nitrogen and oxygen atoms in total. The molecule has 0 bridgehead atoms. The second kappa shape index (κ2) is 7.21. The summed E-state index contributed by atoms with van der Waals surface area (Å²) in [6.07, 6.45) is 2.04. The van der Waals surface area contributed by atoms with Crippen LogP contribution in [0.25, 0.3) is 10.8 Å². The summed E-state index contributed by atoms with van der Waals surface area (Å²) in [5.74, 6) is 0.828. The van der Waals surface area contributed by atoms with Crippen molar-refractivity contribution in [3.63, 3.8) is 0 Å². The van der Waals surface area contributed by atoms with E-state index in [1.165, 1.54) is 0 Å². The van der Waals surface area contributed by atoms with Gasteiger partial charge in [0.25, 0.3) is 5.91 Å². The normalized spacial score (nSPS) is 18.1. The standard InChI is InChI=1S/C19H22N6O/c1-24-18(21-22-23-24)13-25-10-4-7-17(12-25)20-19(26)16-9-8-14-5-2-3-6-15(14)11-16/h2-3,5-6,8-9,11,17H,4,7,10,12-13H2,1H3,(H,20,26). The molecule has 7 heteroatoms. The molecule has 2 heterocycles. The van der Waals surface area contributed by atoms with Crippen LogP contribution in [0.4, 0.5) is 0 Å².